The summed E-state index contributed by atoms with van der Waals surface area (Å²) in [6.07, 6.45) is 1.70. The van der Waals surface area contributed by atoms with Crippen LogP contribution in [0, 0.1) is 17.8 Å². The Hall–Kier alpha value is -0.190. The third kappa shape index (κ3) is 2.86. The summed E-state index contributed by atoms with van der Waals surface area (Å²) in [6.45, 7) is 6.57. The van der Waals surface area contributed by atoms with Gasteiger partial charge in [-0.15, -0.1) is 0 Å². The Morgan fingerprint density at radius 2 is 2.17 bits per heavy atom. The van der Waals surface area contributed by atoms with Crippen LogP contribution in [-0.4, -0.2) is 38.1 Å². The number of alkyl halides is 1. The molecule has 3 nitrogen and oxygen atoms in total. The van der Waals surface area contributed by atoms with E-state index in [2.05, 4.69) is 13.8 Å². The molecule has 2 N–H and O–H groups in total. The van der Waals surface area contributed by atoms with Gasteiger partial charge in [0.15, 0.2) is 0 Å². The molecule has 0 bridgehead atoms. The van der Waals surface area contributed by atoms with Gasteiger partial charge in [-0.1, -0.05) is 13.8 Å². The van der Waals surface area contributed by atoms with Crippen molar-refractivity contribution in [1.29, 1.82) is 0 Å². The van der Waals surface area contributed by atoms with E-state index in [9.17, 15) is 4.39 Å². The number of halogens is 1. The smallest absolute Gasteiger partial charge is 0.107 e. The maximum absolute atomic E-state index is 14.7. The summed E-state index contributed by atoms with van der Waals surface area (Å²) < 4.78 is 25.9. The van der Waals surface area contributed by atoms with Gasteiger partial charge >= 0.3 is 0 Å². The highest BCUT2D eigenvalue weighted by Gasteiger charge is 2.44. The van der Waals surface area contributed by atoms with Crippen LogP contribution >= 0.6 is 0 Å². The van der Waals surface area contributed by atoms with Crippen LogP contribution in [0.3, 0.4) is 0 Å². The van der Waals surface area contributed by atoms with Crippen molar-refractivity contribution >= 4 is 0 Å². The molecule has 0 saturated carbocycles. The largest absolute Gasteiger partial charge is 0.378 e. The second-order valence-corrected chi connectivity index (χ2v) is 6.17. The molecule has 2 rings (SSSR count). The molecule has 4 atom stereocenters. The lowest BCUT2D eigenvalue weighted by Gasteiger charge is -2.40. The van der Waals surface area contributed by atoms with Crippen molar-refractivity contribution in [2.45, 2.75) is 44.9 Å². The second-order valence-electron chi connectivity index (χ2n) is 6.17. The number of ether oxygens (including phenoxy) is 2. The zero-order valence-corrected chi connectivity index (χ0v) is 11.5. The summed E-state index contributed by atoms with van der Waals surface area (Å²) in [5, 5.41) is 0. The summed E-state index contributed by atoms with van der Waals surface area (Å²) in [5.74, 6) is 0.340. The summed E-state index contributed by atoms with van der Waals surface area (Å²) in [4.78, 5) is 0. The molecule has 0 radical (unpaired) electrons. The lowest BCUT2D eigenvalue weighted by molar-refractivity contribution is -0.114. The minimum atomic E-state index is -0.809. The SMILES string of the molecule is CC(C)C(CN)C(F)C1CCOC2(CCOC2)C1. The Morgan fingerprint density at radius 1 is 1.39 bits per heavy atom. The fourth-order valence-electron chi connectivity index (χ4n) is 3.32. The molecule has 2 saturated heterocycles. The summed E-state index contributed by atoms with van der Waals surface area (Å²) in [7, 11) is 0. The van der Waals surface area contributed by atoms with Crippen LogP contribution in [0.4, 0.5) is 4.39 Å². The minimum Gasteiger partial charge on any atom is -0.378 e. The Bertz CT molecular complexity index is 267. The van der Waals surface area contributed by atoms with E-state index in [1.54, 1.807) is 0 Å². The van der Waals surface area contributed by atoms with Crippen LogP contribution in [0.5, 0.6) is 0 Å². The van der Waals surface area contributed by atoms with E-state index in [-0.39, 0.29) is 17.4 Å². The Kier molecular flexibility index (Phi) is 4.62. The topological polar surface area (TPSA) is 44.5 Å². The van der Waals surface area contributed by atoms with Gasteiger partial charge in [-0.2, -0.15) is 0 Å². The highest BCUT2D eigenvalue weighted by Crippen LogP contribution is 2.40. The van der Waals surface area contributed by atoms with Crippen molar-refractivity contribution in [2.75, 3.05) is 26.4 Å². The van der Waals surface area contributed by atoms with E-state index >= 15 is 0 Å². The molecule has 2 aliphatic heterocycles. The van der Waals surface area contributed by atoms with Crippen LogP contribution in [0.1, 0.15) is 33.1 Å². The molecular weight excluding hydrogens is 233 g/mol. The van der Waals surface area contributed by atoms with Gasteiger partial charge in [-0.25, -0.2) is 4.39 Å². The molecule has 4 unspecified atom stereocenters. The zero-order chi connectivity index (χ0) is 13.2. The predicted octanol–water partition coefficient (Wildman–Crippen LogP) is 2.14. The maximum Gasteiger partial charge on any atom is 0.107 e. The third-order valence-electron chi connectivity index (χ3n) is 4.59. The van der Waals surface area contributed by atoms with Crippen LogP contribution in [-0.2, 0) is 9.47 Å². The molecule has 0 aliphatic carbocycles. The van der Waals surface area contributed by atoms with Gasteiger partial charge in [-0.3, -0.25) is 0 Å². The van der Waals surface area contributed by atoms with E-state index in [0.29, 0.717) is 25.7 Å². The first-order chi connectivity index (χ1) is 8.58. The highest BCUT2D eigenvalue weighted by molar-refractivity contribution is 4.93. The number of hydrogen-bond donors (Lipinski definition) is 1. The molecule has 1 spiro atoms. The second kappa shape index (κ2) is 5.85. The summed E-state index contributed by atoms with van der Waals surface area (Å²) in [5.41, 5.74) is 5.53. The number of nitrogens with two attached hydrogens (primary N) is 1. The minimum absolute atomic E-state index is 0.0347. The molecular formula is C14H26FNO2. The van der Waals surface area contributed by atoms with Gasteiger partial charge in [0.2, 0.25) is 0 Å². The van der Waals surface area contributed by atoms with Gasteiger partial charge < -0.3 is 15.2 Å². The first-order valence-corrected chi connectivity index (χ1v) is 7.14. The van der Waals surface area contributed by atoms with Crippen LogP contribution in [0.25, 0.3) is 0 Å². The van der Waals surface area contributed by atoms with Crippen LogP contribution < -0.4 is 5.73 Å². The van der Waals surface area contributed by atoms with Gasteiger partial charge in [0.1, 0.15) is 6.17 Å². The van der Waals surface area contributed by atoms with Gasteiger partial charge in [0.05, 0.1) is 12.2 Å². The molecule has 0 amide bonds. The molecule has 2 heterocycles. The monoisotopic (exact) mass is 259 g/mol. The van der Waals surface area contributed by atoms with Gasteiger partial charge in [0, 0.05) is 25.6 Å². The number of rotatable bonds is 4. The summed E-state index contributed by atoms with van der Waals surface area (Å²) in [6, 6.07) is 0. The first kappa shape index (κ1) is 14.2. The Labute approximate surface area is 109 Å². The Balaban J connectivity index is 1.99. The van der Waals surface area contributed by atoms with E-state index < -0.39 is 6.17 Å². The molecule has 2 fully saturated rings. The van der Waals surface area contributed by atoms with Crippen molar-refractivity contribution in [3.8, 4) is 0 Å². The van der Waals surface area contributed by atoms with Crippen molar-refractivity contribution in [1.82, 2.24) is 0 Å². The molecule has 0 aromatic carbocycles. The number of hydrogen-bond acceptors (Lipinski definition) is 3. The van der Waals surface area contributed by atoms with Crippen LogP contribution in [0.15, 0.2) is 0 Å². The normalized spacial score (nSPS) is 36.2. The fraction of sp³-hybridized carbons (Fsp3) is 1.00. The zero-order valence-electron chi connectivity index (χ0n) is 11.5. The van der Waals surface area contributed by atoms with Crippen LogP contribution in [0.2, 0.25) is 0 Å². The van der Waals surface area contributed by atoms with Crippen molar-refractivity contribution in [3.05, 3.63) is 0 Å². The van der Waals surface area contributed by atoms with Crippen molar-refractivity contribution in [2.24, 2.45) is 23.5 Å². The van der Waals surface area contributed by atoms with Crippen molar-refractivity contribution in [3.63, 3.8) is 0 Å². The predicted molar refractivity (Wildman–Crippen MR) is 69.1 cm³/mol. The van der Waals surface area contributed by atoms with Gasteiger partial charge in [-0.05, 0) is 31.2 Å². The quantitative estimate of drug-likeness (QED) is 0.841. The van der Waals surface area contributed by atoms with Gasteiger partial charge in [0.25, 0.3) is 0 Å². The van der Waals surface area contributed by atoms with E-state index in [1.807, 2.05) is 0 Å². The van der Waals surface area contributed by atoms with E-state index in [1.165, 1.54) is 0 Å². The molecule has 106 valence electrons. The van der Waals surface area contributed by atoms with E-state index in [0.717, 1.165) is 25.9 Å². The Morgan fingerprint density at radius 3 is 2.72 bits per heavy atom. The standard InChI is InChI=1S/C14H26FNO2/c1-10(2)12(8-16)13(15)11-3-5-18-14(7-11)4-6-17-9-14/h10-13H,3-9,16H2,1-2H3. The molecule has 0 aromatic heterocycles. The summed E-state index contributed by atoms with van der Waals surface area (Å²) >= 11 is 0. The lowest BCUT2D eigenvalue weighted by atomic mass is 9.76. The maximum atomic E-state index is 14.7. The van der Waals surface area contributed by atoms with Crippen molar-refractivity contribution < 1.29 is 13.9 Å². The average molecular weight is 259 g/mol. The molecule has 4 heteroatoms. The molecule has 2 aliphatic rings. The van der Waals surface area contributed by atoms with E-state index in [4.69, 9.17) is 15.2 Å². The third-order valence-corrected chi connectivity index (χ3v) is 4.59. The molecule has 0 aromatic rings. The molecule has 18 heavy (non-hydrogen) atoms. The lowest BCUT2D eigenvalue weighted by Crippen LogP contribution is -2.45. The first-order valence-electron chi connectivity index (χ1n) is 7.14. The fourth-order valence-corrected chi connectivity index (χ4v) is 3.32. The highest BCUT2D eigenvalue weighted by atomic mass is 19.1. The average Bonchev–Trinajstić information content (AvgIpc) is 2.77.